The maximum absolute atomic E-state index is 12.5. The molecule has 120 valence electrons. The maximum Gasteiger partial charge on any atom is 0.274 e. The van der Waals surface area contributed by atoms with Gasteiger partial charge in [-0.25, -0.2) is 9.97 Å². The summed E-state index contributed by atoms with van der Waals surface area (Å²) in [6.45, 7) is 3.69. The number of rotatable bonds is 3. The number of aromatic nitrogens is 2. The van der Waals surface area contributed by atoms with Crippen molar-refractivity contribution in [2.75, 3.05) is 23.3 Å². The molecule has 0 bridgehead atoms. The van der Waals surface area contributed by atoms with Crippen LogP contribution in [0.2, 0.25) is 10.0 Å². The van der Waals surface area contributed by atoms with E-state index in [0.29, 0.717) is 27.3 Å². The van der Waals surface area contributed by atoms with Gasteiger partial charge in [-0.05, 0) is 38.0 Å². The van der Waals surface area contributed by atoms with E-state index in [4.69, 9.17) is 23.2 Å². The molecule has 1 aromatic heterocycles. The van der Waals surface area contributed by atoms with Crippen molar-refractivity contribution in [2.45, 2.75) is 19.8 Å². The number of benzene rings is 1. The van der Waals surface area contributed by atoms with Crippen molar-refractivity contribution in [2.24, 2.45) is 0 Å². The Kier molecular flexibility index (Phi) is 4.68. The molecule has 1 amide bonds. The first-order valence-corrected chi connectivity index (χ1v) is 8.15. The Morgan fingerprint density at radius 1 is 1.17 bits per heavy atom. The van der Waals surface area contributed by atoms with Crippen LogP contribution in [0.15, 0.2) is 24.3 Å². The van der Waals surface area contributed by atoms with Gasteiger partial charge in [-0.15, -0.1) is 0 Å². The van der Waals surface area contributed by atoms with Gasteiger partial charge >= 0.3 is 0 Å². The molecule has 1 aromatic carbocycles. The van der Waals surface area contributed by atoms with E-state index in [1.807, 2.05) is 0 Å². The molecule has 7 heteroatoms. The third kappa shape index (κ3) is 3.74. The van der Waals surface area contributed by atoms with Crippen molar-refractivity contribution in [1.29, 1.82) is 0 Å². The first kappa shape index (κ1) is 16.0. The van der Waals surface area contributed by atoms with Crippen molar-refractivity contribution in [1.82, 2.24) is 9.97 Å². The van der Waals surface area contributed by atoms with Crippen LogP contribution in [0.1, 0.15) is 29.2 Å². The molecule has 2 heterocycles. The standard InChI is InChI=1S/C16H16Cl2N4O/c1-10-19-14(9-15(20-10)22-6-2-3-7-22)16(23)21-13-8-11(17)4-5-12(13)18/h4-5,8-9H,2-3,6-7H2,1H3,(H,21,23). The molecule has 0 aliphatic carbocycles. The molecule has 2 aromatic rings. The van der Waals surface area contributed by atoms with Crippen LogP contribution in [0.25, 0.3) is 0 Å². The Hall–Kier alpha value is -1.85. The van der Waals surface area contributed by atoms with Gasteiger partial charge in [-0.3, -0.25) is 4.79 Å². The van der Waals surface area contributed by atoms with Gasteiger partial charge in [0.15, 0.2) is 0 Å². The zero-order chi connectivity index (χ0) is 16.4. The first-order chi connectivity index (χ1) is 11.0. The van der Waals surface area contributed by atoms with Gasteiger partial charge in [-0.2, -0.15) is 0 Å². The SMILES string of the molecule is Cc1nc(C(=O)Nc2cc(Cl)ccc2Cl)cc(N2CCCC2)n1. The molecule has 5 nitrogen and oxygen atoms in total. The highest BCUT2D eigenvalue weighted by molar-refractivity contribution is 6.35. The highest BCUT2D eigenvalue weighted by Crippen LogP contribution is 2.26. The fourth-order valence-electron chi connectivity index (χ4n) is 2.56. The number of aryl methyl sites for hydroxylation is 1. The minimum Gasteiger partial charge on any atom is -0.356 e. The quantitative estimate of drug-likeness (QED) is 0.910. The summed E-state index contributed by atoms with van der Waals surface area (Å²) in [5, 5.41) is 3.67. The van der Waals surface area contributed by atoms with E-state index >= 15 is 0 Å². The number of hydrogen-bond donors (Lipinski definition) is 1. The number of hydrogen-bond acceptors (Lipinski definition) is 4. The topological polar surface area (TPSA) is 58.1 Å². The summed E-state index contributed by atoms with van der Waals surface area (Å²) < 4.78 is 0. The molecule has 0 spiro atoms. The lowest BCUT2D eigenvalue weighted by molar-refractivity contribution is 0.102. The Morgan fingerprint density at radius 3 is 2.65 bits per heavy atom. The van der Waals surface area contributed by atoms with Crippen LogP contribution in [0.4, 0.5) is 11.5 Å². The second kappa shape index (κ2) is 6.72. The first-order valence-electron chi connectivity index (χ1n) is 7.40. The minimum atomic E-state index is -0.333. The Morgan fingerprint density at radius 2 is 1.91 bits per heavy atom. The van der Waals surface area contributed by atoms with Crippen LogP contribution in [0.3, 0.4) is 0 Å². The van der Waals surface area contributed by atoms with Crippen LogP contribution in [-0.4, -0.2) is 29.0 Å². The van der Waals surface area contributed by atoms with Gasteiger partial charge in [0.1, 0.15) is 17.3 Å². The van der Waals surface area contributed by atoms with E-state index < -0.39 is 0 Å². The number of amides is 1. The van der Waals surface area contributed by atoms with E-state index in [1.165, 1.54) is 0 Å². The molecule has 0 saturated carbocycles. The predicted molar refractivity (Wildman–Crippen MR) is 92.6 cm³/mol. The lowest BCUT2D eigenvalue weighted by atomic mass is 10.3. The van der Waals surface area contributed by atoms with Gasteiger partial charge < -0.3 is 10.2 Å². The normalized spacial score (nSPS) is 14.1. The third-order valence-electron chi connectivity index (χ3n) is 3.66. The van der Waals surface area contributed by atoms with Crippen LogP contribution in [0.5, 0.6) is 0 Å². The van der Waals surface area contributed by atoms with E-state index in [1.54, 1.807) is 31.2 Å². The second-order valence-electron chi connectivity index (χ2n) is 5.43. The number of halogens is 2. The number of nitrogens with zero attached hydrogens (tertiary/aromatic N) is 3. The van der Waals surface area contributed by atoms with Gasteiger partial charge in [0.2, 0.25) is 0 Å². The van der Waals surface area contributed by atoms with Crippen LogP contribution in [-0.2, 0) is 0 Å². The van der Waals surface area contributed by atoms with Crippen molar-refractivity contribution in [3.63, 3.8) is 0 Å². The van der Waals surface area contributed by atoms with Gasteiger partial charge in [-0.1, -0.05) is 23.2 Å². The average Bonchev–Trinajstić information content (AvgIpc) is 3.04. The van der Waals surface area contributed by atoms with E-state index in [0.717, 1.165) is 31.7 Å². The molecule has 0 radical (unpaired) electrons. The molecule has 23 heavy (non-hydrogen) atoms. The Labute approximate surface area is 144 Å². The summed E-state index contributed by atoms with van der Waals surface area (Å²) in [6.07, 6.45) is 2.28. The van der Waals surface area contributed by atoms with Crippen molar-refractivity contribution in [3.8, 4) is 0 Å². The highest BCUT2D eigenvalue weighted by atomic mass is 35.5. The summed E-state index contributed by atoms with van der Waals surface area (Å²) >= 11 is 12.0. The van der Waals surface area contributed by atoms with E-state index in [9.17, 15) is 4.79 Å². The summed E-state index contributed by atoms with van der Waals surface area (Å²) in [4.78, 5) is 23.3. The van der Waals surface area contributed by atoms with Crippen molar-refractivity contribution >= 4 is 40.6 Å². The summed E-state index contributed by atoms with van der Waals surface area (Å²) in [7, 11) is 0. The number of nitrogens with one attached hydrogen (secondary N) is 1. The zero-order valence-electron chi connectivity index (χ0n) is 12.6. The van der Waals surface area contributed by atoms with E-state index in [2.05, 4.69) is 20.2 Å². The average molecular weight is 351 g/mol. The molecule has 0 unspecified atom stereocenters. The summed E-state index contributed by atoms with van der Waals surface area (Å²) in [5.74, 6) is 1.02. The van der Waals surface area contributed by atoms with Crippen LogP contribution < -0.4 is 10.2 Å². The third-order valence-corrected chi connectivity index (χ3v) is 4.23. The fourth-order valence-corrected chi connectivity index (χ4v) is 2.89. The number of anilines is 2. The molecule has 1 aliphatic rings. The number of carbonyl (C=O) groups is 1. The van der Waals surface area contributed by atoms with Crippen LogP contribution in [0, 0.1) is 6.92 Å². The minimum absolute atomic E-state index is 0.315. The van der Waals surface area contributed by atoms with Gasteiger partial charge in [0.25, 0.3) is 5.91 Å². The molecular formula is C16H16Cl2N4O. The number of carbonyl (C=O) groups excluding carboxylic acids is 1. The molecule has 1 fully saturated rings. The fraction of sp³-hybridized carbons (Fsp3) is 0.312. The van der Waals surface area contributed by atoms with Crippen molar-refractivity contribution in [3.05, 3.63) is 45.8 Å². The smallest absolute Gasteiger partial charge is 0.274 e. The Bertz CT molecular complexity index is 745. The van der Waals surface area contributed by atoms with Gasteiger partial charge in [0, 0.05) is 24.2 Å². The summed E-state index contributed by atoms with van der Waals surface area (Å²) in [6, 6.07) is 6.63. The van der Waals surface area contributed by atoms with Crippen LogP contribution >= 0.6 is 23.2 Å². The maximum atomic E-state index is 12.5. The lowest BCUT2D eigenvalue weighted by Gasteiger charge is -2.17. The highest BCUT2D eigenvalue weighted by Gasteiger charge is 2.18. The summed E-state index contributed by atoms with van der Waals surface area (Å²) in [5.41, 5.74) is 0.776. The van der Waals surface area contributed by atoms with Gasteiger partial charge in [0.05, 0.1) is 10.7 Å². The molecule has 0 atom stereocenters. The predicted octanol–water partition coefficient (Wildman–Crippen LogP) is 3.94. The second-order valence-corrected chi connectivity index (χ2v) is 6.27. The molecule has 1 saturated heterocycles. The van der Waals surface area contributed by atoms with Crippen molar-refractivity contribution < 1.29 is 4.79 Å². The molecule has 1 aliphatic heterocycles. The molecular weight excluding hydrogens is 335 g/mol. The zero-order valence-corrected chi connectivity index (χ0v) is 14.2. The largest absolute Gasteiger partial charge is 0.356 e. The molecule has 3 rings (SSSR count). The Balaban J connectivity index is 1.85. The monoisotopic (exact) mass is 350 g/mol. The lowest BCUT2D eigenvalue weighted by Crippen LogP contribution is -2.22. The van der Waals surface area contributed by atoms with E-state index in [-0.39, 0.29) is 5.91 Å². The molecule has 1 N–H and O–H groups in total.